The Bertz CT molecular complexity index is 653. The molecule has 1 N–H and O–H groups in total. The summed E-state index contributed by atoms with van der Waals surface area (Å²) in [7, 11) is 0. The Morgan fingerprint density at radius 3 is 2.73 bits per heavy atom. The number of nitrogens with one attached hydrogen (secondary N) is 1. The van der Waals surface area contributed by atoms with Gasteiger partial charge in [-0.1, -0.05) is 19.3 Å². The number of amides is 2. The van der Waals surface area contributed by atoms with Crippen molar-refractivity contribution in [1.82, 2.24) is 20.2 Å². The van der Waals surface area contributed by atoms with Crippen LogP contribution in [0.4, 0.5) is 0 Å². The predicted molar refractivity (Wildman–Crippen MR) is 97.3 cm³/mol. The van der Waals surface area contributed by atoms with Gasteiger partial charge in [0.25, 0.3) is 5.91 Å². The molecule has 1 aliphatic heterocycles. The summed E-state index contributed by atoms with van der Waals surface area (Å²) in [4.78, 5) is 35.0. The quantitative estimate of drug-likeness (QED) is 0.880. The fraction of sp³-hybridized carbons (Fsp3) is 0.700. The maximum atomic E-state index is 12.9. The van der Waals surface area contributed by atoms with Crippen LogP contribution in [0.5, 0.6) is 0 Å². The molecule has 140 valence electrons. The Balaban J connectivity index is 1.44. The lowest BCUT2D eigenvalue weighted by Gasteiger charge is -2.38. The second-order valence-corrected chi connectivity index (χ2v) is 8.28. The van der Waals surface area contributed by atoms with Crippen LogP contribution >= 0.6 is 0 Å². The van der Waals surface area contributed by atoms with Gasteiger partial charge in [-0.15, -0.1) is 0 Å². The van der Waals surface area contributed by atoms with E-state index in [9.17, 15) is 9.59 Å². The molecule has 0 radical (unpaired) electrons. The zero-order chi connectivity index (χ0) is 18.0. The van der Waals surface area contributed by atoms with Crippen molar-refractivity contribution in [2.75, 3.05) is 13.1 Å². The van der Waals surface area contributed by atoms with Crippen LogP contribution in [0.3, 0.4) is 0 Å². The van der Waals surface area contributed by atoms with E-state index in [1.807, 2.05) is 4.90 Å². The van der Waals surface area contributed by atoms with Crippen molar-refractivity contribution in [1.29, 1.82) is 0 Å². The lowest BCUT2D eigenvalue weighted by Crippen LogP contribution is -2.35. The van der Waals surface area contributed by atoms with E-state index in [0.717, 1.165) is 32.4 Å². The zero-order valence-corrected chi connectivity index (χ0v) is 15.3. The minimum Gasteiger partial charge on any atom is -0.353 e. The highest BCUT2D eigenvalue weighted by Crippen LogP contribution is 2.49. The van der Waals surface area contributed by atoms with E-state index in [-0.39, 0.29) is 17.2 Å². The largest absolute Gasteiger partial charge is 0.353 e. The Labute approximate surface area is 154 Å². The Kier molecular flexibility index (Phi) is 4.92. The molecular formula is C20H28N4O2. The van der Waals surface area contributed by atoms with Crippen molar-refractivity contribution in [3.63, 3.8) is 0 Å². The Morgan fingerprint density at radius 2 is 2.04 bits per heavy atom. The van der Waals surface area contributed by atoms with Gasteiger partial charge in [-0.05, 0) is 49.5 Å². The second kappa shape index (κ2) is 7.33. The third-order valence-electron chi connectivity index (χ3n) is 6.41. The van der Waals surface area contributed by atoms with Gasteiger partial charge in [-0.3, -0.25) is 9.59 Å². The molecule has 4 rings (SSSR count). The highest BCUT2D eigenvalue weighted by Gasteiger charge is 2.48. The van der Waals surface area contributed by atoms with Crippen LogP contribution in [-0.4, -0.2) is 45.8 Å². The first-order valence-corrected chi connectivity index (χ1v) is 10.0. The molecule has 1 aromatic rings. The summed E-state index contributed by atoms with van der Waals surface area (Å²) in [5.74, 6) is 0.597. The number of likely N-dealkylation sites (tertiary alicyclic amines) is 1. The highest BCUT2D eigenvalue weighted by molar-refractivity contribution is 5.92. The smallest absolute Gasteiger partial charge is 0.272 e. The minimum absolute atomic E-state index is 0.00211. The summed E-state index contributed by atoms with van der Waals surface area (Å²) in [5, 5.41) is 3.09. The van der Waals surface area contributed by atoms with Crippen molar-refractivity contribution < 1.29 is 9.59 Å². The first-order chi connectivity index (χ1) is 12.7. The average molecular weight is 356 g/mol. The Hall–Kier alpha value is -1.98. The number of hydrogen-bond acceptors (Lipinski definition) is 4. The van der Waals surface area contributed by atoms with E-state index in [0.29, 0.717) is 24.1 Å². The van der Waals surface area contributed by atoms with Crippen LogP contribution in [-0.2, 0) is 4.79 Å². The molecule has 6 nitrogen and oxygen atoms in total. The molecule has 0 bridgehead atoms. The van der Waals surface area contributed by atoms with Gasteiger partial charge in [0.1, 0.15) is 12.0 Å². The molecule has 2 amide bonds. The molecular weight excluding hydrogens is 328 g/mol. The standard InChI is InChI=1S/C20H28N4O2/c25-18(23-16-5-6-16)7-4-15-12-24(13-20(15)9-2-1-3-10-20)19(26)17-8-11-21-14-22-17/h8,11,14-16H,1-7,9-10,12-13H2,(H,23,25). The summed E-state index contributed by atoms with van der Waals surface area (Å²) in [6.07, 6.45) is 12.9. The summed E-state index contributed by atoms with van der Waals surface area (Å²) in [6, 6.07) is 2.11. The van der Waals surface area contributed by atoms with E-state index >= 15 is 0 Å². The number of hydrogen-bond donors (Lipinski definition) is 1. The van der Waals surface area contributed by atoms with Crippen LogP contribution < -0.4 is 5.32 Å². The van der Waals surface area contributed by atoms with Crippen molar-refractivity contribution in [3.8, 4) is 0 Å². The maximum absolute atomic E-state index is 12.9. The maximum Gasteiger partial charge on any atom is 0.272 e. The van der Waals surface area contributed by atoms with Crippen molar-refractivity contribution >= 4 is 11.8 Å². The number of aromatic nitrogens is 2. The second-order valence-electron chi connectivity index (χ2n) is 8.28. The molecule has 6 heteroatoms. The van der Waals surface area contributed by atoms with Crippen LogP contribution in [0.15, 0.2) is 18.6 Å². The third-order valence-corrected chi connectivity index (χ3v) is 6.41. The monoisotopic (exact) mass is 356 g/mol. The SMILES string of the molecule is O=C(CCC1CN(C(=O)c2ccncn2)CC12CCCCC2)NC1CC1. The average Bonchev–Trinajstić information content (AvgIpc) is 3.42. The molecule has 3 aliphatic rings. The van der Waals surface area contributed by atoms with Gasteiger partial charge < -0.3 is 10.2 Å². The van der Waals surface area contributed by atoms with Crippen molar-refractivity contribution in [3.05, 3.63) is 24.3 Å². The van der Waals surface area contributed by atoms with Gasteiger partial charge in [0, 0.05) is 31.7 Å². The summed E-state index contributed by atoms with van der Waals surface area (Å²) < 4.78 is 0. The zero-order valence-electron chi connectivity index (χ0n) is 15.3. The van der Waals surface area contributed by atoms with Gasteiger partial charge in [-0.2, -0.15) is 0 Å². The fourth-order valence-corrected chi connectivity index (χ4v) is 4.82. The lowest BCUT2D eigenvalue weighted by molar-refractivity contribution is -0.121. The normalized spacial score (nSPS) is 24.6. The Morgan fingerprint density at radius 1 is 1.23 bits per heavy atom. The van der Waals surface area contributed by atoms with Gasteiger partial charge in [0.05, 0.1) is 0 Å². The van der Waals surface area contributed by atoms with E-state index in [4.69, 9.17) is 0 Å². The molecule has 2 saturated carbocycles. The van der Waals surface area contributed by atoms with Crippen molar-refractivity contribution in [2.45, 2.75) is 63.8 Å². The third kappa shape index (κ3) is 3.74. The van der Waals surface area contributed by atoms with Crippen LogP contribution in [0.2, 0.25) is 0 Å². The molecule has 1 spiro atoms. The topological polar surface area (TPSA) is 75.2 Å². The van der Waals surface area contributed by atoms with Crippen molar-refractivity contribution in [2.24, 2.45) is 11.3 Å². The summed E-state index contributed by atoms with van der Waals surface area (Å²) in [5.41, 5.74) is 0.666. The number of carbonyl (C=O) groups is 2. The summed E-state index contributed by atoms with van der Waals surface area (Å²) >= 11 is 0. The first kappa shape index (κ1) is 17.4. The van der Waals surface area contributed by atoms with Crippen LogP contribution in [0.25, 0.3) is 0 Å². The summed E-state index contributed by atoms with van der Waals surface area (Å²) in [6.45, 7) is 1.56. The molecule has 1 unspecified atom stereocenters. The number of nitrogens with zero attached hydrogens (tertiary/aromatic N) is 3. The molecule has 1 saturated heterocycles. The molecule has 1 aromatic heterocycles. The van der Waals surface area contributed by atoms with E-state index in [1.165, 1.54) is 38.4 Å². The highest BCUT2D eigenvalue weighted by atomic mass is 16.2. The molecule has 3 fully saturated rings. The van der Waals surface area contributed by atoms with Gasteiger partial charge in [0.15, 0.2) is 0 Å². The minimum atomic E-state index is 0.00211. The van der Waals surface area contributed by atoms with E-state index < -0.39 is 0 Å². The fourth-order valence-electron chi connectivity index (χ4n) is 4.82. The number of carbonyl (C=O) groups excluding carboxylic acids is 2. The lowest BCUT2D eigenvalue weighted by atomic mass is 9.66. The molecule has 0 aromatic carbocycles. The van der Waals surface area contributed by atoms with Gasteiger partial charge >= 0.3 is 0 Å². The van der Waals surface area contributed by atoms with Crippen LogP contribution in [0, 0.1) is 11.3 Å². The molecule has 26 heavy (non-hydrogen) atoms. The van der Waals surface area contributed by atoms with E-state index in [1.54, 1.807) is 12.3 Å². The first-order valence-electron chi connectivity index (χ1n) is 10.0. The van der Waals surface area contributed by atoms with Gasteiger partial charge in [-0.25, -0.2) is 9.97 Å². The van der Waals surface area contributed by atoms with Gasteiger partial charge in [0.2, 0.25) is 5.91 Å². The molecule has 2 aliphatic carbocycles. The van der Waals surface area contributed by atoms with E-state index in [2.05, 4.69) is 15.3 Å². The molecule has 1 atom stereocenters. The number of rotatable bonds is 5. The predicted octanol–water partition coefficient (Wildman–Crippen LogP) is 2.56. The van der Waals surface area contributed by atoms with Crippen LogP contribution in [0.1, 0.15) is 68.3 Å². The molecule has 2 heterocycles.